The Balaban J connectivity index is 1.16. The molecule has 2 aromatic rings. The Labute approximate surface area is 256 Å². The first kappa shape index (κ1) is 29.3. The highest BCUT2D eigenvalue weighted by atomic mass is 16.5. The van der Waals surface area contributed by atoms with Crippen LogP contribution in [0.25, 0.3) is 0 Å². The van der Waals surface area contributed by atoms with Crippen LogP contribution in [0.4, 0.5) is 17.1 Å². The van der Waals surface area contributed by atoms with Gasteiger partial charge in [-0.25, -0.2) is 9.98 Å². The monoisotopic (exact) mass is 582 g/mol. The zero-order valence-electron chi connectivity index (χ0n) is 26.0. The second kappa shape index (κ2) is 13.2. The summed E-state index contributed by atoms with van der Waals surface area (Å²) in [5.41, 5.74) is 9.14. The van der Waals surface area contributed by atoms with E-state index in [0.29, 0.717) is 18.9 Å². The lowest BCUT2D eigenvalue weighted by Gasteiger charge is -2.34. The molecule has 8 nitrogen and oxygen atoms in total. The number of likely N-dealkylation sites (tertiary alicyclic amines) is 1. The summed E-state index contributed by atoms with van der Waals surface area (Å²) < 4.78 is 5.75. The predicted molar refractivity (Wildman–Crippen MR) is 175 cm³/mol. The first-order valence-electron chi connectivity index (χ1n) is 16.3. The molecule has 4 aliphatic rings. The number of aliphatic imine (C=N–C) groups is 1. The largest absolute Gasteiger partial charge is 0.474 e. The Morgan fingerprint density at radius 2 is 1.95 bits per heavy atom. The number of rotatable bonds is 7. The van der Waals surface area contributed by atoms with Gasteiger partial charge in [0.25, 0.3) is 0 Å². The molecule has 2 fully saturated rings. The van der Waals surface area contributed by atoms with Crippen LogP contribution < -0.4 is 20.3 Å². The lowest BCUT2D eigenvalue weighted by molar-refractivity contribution is -0.131. The number of pyridine rings is 1. The van der Waals surface area contributed by atoms with Crippen molar-refractivity contribution in [2.24, 2.45) is 10.9 Å². The van der Waals surface area contributed by atoms with Gasteiger partial charge in [0.2, 0.25) is 11.8 Å². The number of hydrogen-bond acceptors (Lipinski definition) is 7. The number of aromatic nitrogens is 1. The van der Waals surface area contributed by atoms with Crippen molar-refractivity contribution >= 4 is 28.7 Å². The standard InChI is InChI=1S/C35H46N6O2/c1-4-25-12-16-40(17-13-25)33(42)21-28-10-11-29(20-26(28)5-2)38-32-9-7-6-8-27-14-18-41(23-30(27)39-32)31-22-37-35-34(24(31)3)36-15-19-43-35/h8-11,20,22,25,36,38H,4-7,12-19,21,23H2,1-3H3/b27-8?,32-9-,39-30-. The second-order valence-electron chi connectivity index (χ2n) is 12.2. The van der Waals surface area contributed by atoms with E-state index in [1.165, 1.54) is 23.1 Å². The van der Waals surface area contributed by atoms with Crippen LogP contribution in [0.3, 0.4) is 0 Å². The molecule has 1 amide bonds. The normalized spacial score (nSPS) is 21.4. The average molecular weight is 583 g/mol. The summed E-state index contributed by atoms with van der Waals surface area (Å²) in [6.07, 6.45) is 14.3. The zero-order valence-corrected chi connectivity index (χ0v) is 26.0. The van der Waals surface area contributed by atoms with Gasteiger partial charge in [-0.15, -0.1) is 0 Å². The number of carbonyl (C=O) groups excluding carboxylic acids is 1. The molecule has 2 saturated heterocycles. The lowest BCUT2D eigenvalue weighted by atomic mass is 9.94. The molecule has 0 bridgehead atoms. The first-order chi connectivity index (χ1) is 21.0. The van der Waals surface area contributed by atoms with Crippen molar-refractivity contribution in [2.45, 2.75) is 72.1 Å². The number of amides is 1. The summed E-state index contributed by atoms with van der Waals surface area (Å²) in [6, 6.07) is 6.44. The molecule has 5 heterocycles. The summed E-state index contributed by atoms with van der Waals surface area (Å²) in [5, 5.41) is 7.08. The number of nitrogens with one attached hydrogen (secondary N) is 2. The van der Waals surface area contributed by atoms with Gasteiger partial charge in [-0.05, 0) is 86.3 Å². The number of benzene rings is 1. The fraction of sp³-hybridized carbons (Fsp3) is 0.514. The molecule has 2 N–H and O–H groups in total. The van der Waals surface area contributed by atoms with Gasteiger partial charge in [0.05, 0.1) is 30.6 Å². The van der Waals surface area contributed by atoms with Crippen LogP contribution in [0.15, 0.2) is 52.9 Å². The molecule has 1 aromatic carbocycles. The van der Waals surface area contributed by atoms with Crippen molar-refractivity contribution in [2.75, 3.05) is 54.9 Å². The smallest absolute Gasteiger partial charge is 0.237 e. The van der Waals surface area contributed by atoms with E-state index in [0.717, 1.165) is 111 Å². The Bertz CT molecular complexity index is 1440. The molecule has 6 rings (SSSR count). The molecule has 0 spiro atoms. The predicted octanol–water partition coefficient (Wildman–Crippen LogP) is 6.27. The van der Waals surface area contributed by atoms with E-state index in [1.807, 2.05) is 6.20 Å². The maximum absolute atomic E-state index is 13.1. The summed E-state index contributed by atoms with van der Waals surface area (Å²) in [5.74, 6) is 2.61. The van der Waals surface area contributed by atoms with Gasteiger partial charge in [-0.3, -0.25) is 4.79 Å². The number of hydrogen-bond donors (Lipinski definition) is 2. The minimum atomic E-state index is 0.257. The van der Waals surface area contributed by atoms with Crippen LogP contribution in [-0.4, -0.2) is 60.8 Å². The summed E-state index contributed by atoms with van der Waals surface area (Å²) in [6.45, 7) is 11.5. The van der Waals surface area contributed by atoms with Crippen molar-refractivity contribution in [3.05, 3.63) is 64.6 Å². The van der Waals surface area contributed by atoms with Gasteiger partial charge in [0.15, 0.2) is 0 Å². The van der Waals surface area contributed by atoms with Gasteiger partial charge in [-0.1, -0.05) is 32.4 Å². The number of allylic oxidation sites excluding steroid dienone is 2. The summed E-state index contributed by atoms with van der Waals surface area (Å²) >= 11 is 0. The summed E-state index contributed by atoms with van der Waals surface area (Å²) in [4.78, 5) is 27.4. The molecule has 0 aliphatic carbocycles. The van der Waals surface area contributed by atoms with Crippen molar-refractivity contribution in [1.29, 1.82) is 0 Å². The minimum absolute atomic E-state index is 0.257. The summed E-state index contributed by atoms with van der Waals surface area (Å²) in [7, 11) is 0. The van der Waals surface area contributed by atoms with E-state index in [4.69, 9.17) is 9.73 Å². The molecule has 0 unspecified atom stereocenters. The van der Waals surface area contributed by atoms with E-state index < -0.39 is 0 Å². The van der Waals surface area contributed by atoms with Gasteiger partial charge >= 0.3 is 0 Å². The van der Waals surface area contributed by atoms with Crippen LogP contribution in [0.5, 0.6) is 5.88 Å². The number of anilines is 3. The van der Waals surface area contributed by atoms with E-state index in [1.54, 1.807) is 0 Å². The lowest BCUT2D eigenvalue weighted by Crippen LogP contribution is -2.39. The highest BCUT2D eigenvalue weighted by Gasteiger charge is 2.26. The van der Waals surface area contributed by atoms with Gasteiger partial charge < -0.3 is 25.2 Å². The Kier molecular flexibility index (Phi) is 9.00. The van der Waals surface area contributed by atoms with Crippen LogP contribution in [-0.2, 0) is 17.6 Å². The van der Waals surface area contributed by atoms with Crippen LogP contribution in [0, 0.1) is 12.8 Å². The molecule has 8 heteroatoms. The third-order valence-corrected chi connectivity index (χ3v) is 9.52. The highest BCUT2D eigenvalue weighted by molar-refractivity contribution is 6.05. The van der Waals surface area contributed by atoms with Gasteiger partial charge in [0, 0.05) is 37.4 Å². The fourth-order valence-electron chi connectivity index (χ4n) is 6.79. The van der Waals surface area contributed by atoms with Crippen molar-refractivity contribution in [3.8, 4) is 5.88 Å². The van der Waals surface area contributed by atoms with Gasteiger partial charge in [0.1, 0.15) is 18.1 Å². The van der Waals surface area contributed by atoms with Crippen molar-refractivity contribution < 1.29 is 9.53 Å². The molecule has 4 aliphatic heterocycles. The maximum atomic E-state index is 13.1. The fourth-order valence-corrected chi connectivity index (χ4v) is 6.79. The van der Waals surface area contributed by atoms with E-state index in [-0.39, 0.29) is 5.91 Å². The molecular weight excluding hydrogens is 536 g/mol. The van der Waals surface area contributed by atoms with Crippen molar-refractivity contribution in [1.82, 2.24) is 9.88 Å². The highest BCUT2D eigenvalue weighted by Crippen LogP contribution is 2.36. The Morgan fingerprint density at radius 1 is 1.12 bits per heavy atom. The molecule has 0 atom stereocenters. The number of nitrogens with zero attached hydrogens (tertiary/aromatic N) is 4. The zero-order chi connectivity index (χ0) is 29.8. The van der Waals surface area contributed by atoms with Crippen LogP contribution in [0.2, 0.25) is 0 Å². The Hall–Kier alpha value is -3.81. The number of carbonyl (C=O) groups is 1. The third kappa shape index (κ3) is 6.58. The number of ether oxygens (including phenoxy) is 1. The number of aryl methyl sites for hydroxylation is 1. The molecular formula is C35H46N6O2. The van der Waals surface area contributed by atoms with E-state index in [2.05, 4.69) is 76.5 Å². The van der Waals surface area contributed by atoms with Crippen LogP contribution in [0.1, 0.15) is 69.1 Å². The van der Waals surface area contributed by atoms with Gasteiger partial charge in [-0.2, -0.15) is 0 Å². The second-order valence-corrected chi connectivity index (χ2v) is 12.2. The SMILES string of the molecule is CCc1cc(NC2=C/CCC=C3CCN(c4cnc5c(c4C)NCCO5)C\C3=N\2)ccc1CC(=O)N1CCC(CC)CC1. The van der Waals surface area contributed by atoms with E-state index >= 15 is 0 Å². The Morgan fingerprint density at radius 3 is 2.77 bits per heavy atom. The topological polar surface area (TPSA) is 82.1 Å². The maximum Gasteiger partial charge on any atom is 0.237 e. The van der Waals surface area contributed by atoms with Crippen molar-refractivity contribution in [3.63, 3.8) is 0 Å². The molecule has 228 valence electrons. The minimum Gasteiger partial charge on any atom is -0.474 e. The quantitative estimate of drug-likeness (QED) is 0.400. The molecule has 0 saturated carbocycles. The molecule has 0 radical (unpaired) electrons. The first-order valence-corrected chi connectivity index (χ1v) is 16.3. The number of piperidine rings is 2. The van der Waals surface area contributed by atoms with E-state index in [9.17, 15) is 4.79 Å². The number of fused-ring (bicyclic) bond motifs is 2. The molecule has 1 aromatic heterocycles. The third-order valence-electron chi connectivity index (χ3n) is 9.52. The average Bonchev–Trinajstić information content (AvgIpc) is 3.03. The molecule has 43 heavy (non-hydrogen) atoms. The van der Waals surface area contributed by atoms with Crippen LogP contribution >= 0.6 is 0 Å².